The third-order valence-electron chi connectivity index (χ3n) is 5.41. The summed E-state index contributed by atoms with van der Waals surface area (Å²) in [6.07, 6.45) is 6.61. The molecule has 2 rings (SSSR count). The zero-order valence-corrected chi connectivity index (χ0v) is 18.0. The molecular formula is C24H32O5. The van der Waals surface area contributed by atoms with Crippen molar-refractivity contribution < 1.29 is 24.2 Å². The molecule has 1 aromatic carbocycles. The third kappa shape index (κ3) is 6.77. The summed E-state index contributed by atoms with van der Waals surface area (Å²) in [6.45, 7) is 9.60. The van der Waals surface area contributed by atoms with Crippen LogP contribution in [0.3, 0.4) is 0 Å². The number of benzene rings is 1. The number of phenolic OH excluding ortho intramolecular Hbond substituents is 1. The lowest BCUT2D eigenvalue weighted by molar-refractivity contribution is -0.149. The summed E-state index contributed by atoms with van der Waals surface area (Å²) in [4.78, 5) is 24.3. The minimum atomic E-state index is -0.460. The number of carbonyl (C=O) groups excluding carboxylic acids is 2. The normalized spacial score (nSPS) is 26.1. The quantitative estimate of drug-likeness (QED) is 0.547. The lowest BCUT2D eigenvalue weighted by Crippen LogP contribution is -2.33. The minimum Gasteiger partial charge on any atom is -0.508 e. The van der Waals surface area contributed by atoms with Crippen molar-refractivity contribution in [1.82, 2.24) is 0 Å². The molecule has 0 heterocycles. The fraction of sp³-hybridized carbons (Fsp3) is 0.500. The van der Waals surface area contributed by atoms with Crippen LogP contribution in [-0.4, -0.2) is 29.3 Å². The Hall–Kier alpha value is -2.56. The molecule has 158 valence electrons. The highest BCUT2D eigenvalue weighted by molar-refractivity contribution is 5.89. The van der Waals surface area contributed by atoms with E-state index in [0.717, 1.165) is 24.8 Å². The standard InChI is InChI=1S/C24H32O5/c1-16-7-6-14-24(4,5)22(28-18(3)25)15-17(2)21(13-8-16)29-23(27)19-9-11-20(26)12-10-19/h8-12,15,21-22,26H,6-7,13-14H2,1-5H3/b16-8-,17-15-/t21-,22-/m1/s1. The predicted octanol–water partition coefficient (Wildman–Crippen LogP) is 5.34. The summed E-state index contributed by atoms with van der Waals surface area (Å²) >= 11 is 0. The van der Waals surface area contributed by atoms with Crippen molar-refractivity contribution in [2.45, 2.75) is 72.5 Å². The van der Waals surface area contributed by atoms with Crippen molar-refractivity contribution in [1.29, 1.82) is 0 Å². The van der Waals surface area contributed by atoms with E-state index in [-0.39, 0.29) is 17.1 Å². The summed E-state index contributed by atoms with van der Waals surface area (Å²) < 4.78 is 11.4. The van der Waals surface area contributed by atoms with Gasteiger partial charge in [0.1, 0.15) is 18.0 Å². The van der Waals surface area contributed by atoms with E-state index in [1.807, 2.05) is 13.0 Å². The SMILES string of the molecule is CC(=O)O[C@@H]1/C=C(/C)[C@H](OC(=O)c2ccc(O)cc2)C/C=C(/C)CCCC1(C)C. The second-order valence-corrected chi connectivity index (χ2v) is 8.51. The average Bonchev–Trinajstić information content (AvgIpc) is 2.65. The van der Waals surface area contributed by atoms with E-state index in [2.05, 4.69) is 26.8 Å². The number of aromatic hydroxyl groups is 1. The number of ether oxygens (including phenoxy) is 2. The van der Waals surface area contributed by atoms with E-state index in [1.54, 1.807) is 0 Å². The highest BCUT2D eigenvalue weighted by Crippen LogP contribution is 2.34. The van der Waals surface area contributed by atoms with Gasteiger partial charge in [0.25, 0.3) is 0 Å². The van der Waals surface area contributed by atoms with Crippen molar-refractivity contribution in [3.05, 3.63) is 53.1 Å². The Balaban J connectivity index is 2.33. The lowest BCUT2D eigenvalue weighted by Gasteiger charge is -2.32. The Labute approximate surface area is 173 Å². The molecule has 1 N–H and O–H groups in total. The molecule has 5 nitrogen and oxygen atoms in total. The molecule has 0 bridgehead atoms. The third-order valence-corrected chi connectivity index (χ3v) is 5.41. The lowest BCUT2D eigenvalue weighted by atomic mass is 9.80. The predicted molar refractivity (Wildman–Crippen MR) is 113 cm³/mol. The van der Waals surface area contributed by atoms with Crippen LogP contribution in [0.15, 0.2) is 47.6 Å². The van der Waals surface area contributed by atoms with Crippen LogP contribution < -0.4 is 0 Å². The summed E-state index contributed by atoms with van der Waals surface area (Å²) in [5.41, 5.74) is 2.25. The molecule has 5 heteroatoms. The number of carbonyl (C=O) groups is 2. The van der Waals surface area contributed by atoms with Crippen LogP contribution in [0.2, 0.25) is 0 Å². The first kappa shape index (κ1) is 22.7. The number of hydrogen-bond donors (Lipinski definition) is 1. The molecular weight excluding hydrogens is 368 g/mol. The largest absolute Gasteiger partial charge is 0.508 e. The van der Waals surface area contributed by atoms with Gasteiger partial charge in [-0.25, -0.2) is 4.79 Å². The van der Waals surface area contributed by atoms with Gasteiger partial charge in [0, 0.05) is 18.8 Å². The molecule has 1 aliphatic rings. The Morgan fingerprint density at radius 3 is 2.38 bits per heavy atom. The van der Waals surface area contributed by atoms with Gasteiger partial charge in [0.05, 0.1) is 5.56 Å². The Morgan fingerprint density at radius 2 is 1.76 bits per heavy atom. The summed E-state index contributed by atoms with van der Waals surface area (Å²) in [6, 6.07) is 5.99. The molecule has 0 radical (unpaired) electrons. The fourth-order valence-corrected chi connectivity index (χ4v) is 3.44. The van der Waals surface area contributed by atoms with Crippen LogP contribution in [0.1, 0.15) is 70.7 Å². The number of hydrogen-bond acceptors (Lipinski definition) is 5. The van der Waals surface area contributed by atoms with E-state index in [9.17, 15) is 14.7 Å². The Morgan fingerprint density at radius 1 is 1.10 bits per heavy atom. The molecule has 0 aromatic heterocycles. The molecule has 29 heavy (non-hydrogen) atoms. The highest BCUT2D eigenvalue weighted by atomic mass is 16.5. The smallest absolute Gasteiger partial charge is 0.338 e. The van der Waals surface area contributed by atoms with Crippen LogP contribution >= 0.6 is 0 Å². The van der Waals surface area contributed by atoms with Crippen molar-refractivity contribution in [3.63, 3.8) is 0 Å². The molecule has 0 spiro atoms. The van der Waals surface area contributed by atoms with Crippen molar-refractivity contribution in [2.24, 2.45) is 5.41 Å². The topological polar surface area (TPSA) is 72.8 Å². The molecule has 0 unspecified atom stereocenters. The van der Waals surface area contributed by atoms with Crippen LogP contribution in [0, 0.1) is 5.41 Å². The second-order valence-electron chi connectivity index (χ2n) is 8.51. The molecule has 0 saturated heterocycles. The van der Waals surface area contributed by atoms with Gasteiger partial charge in [-0.1, -0.05) is 25.5 Å². The first-order valence-corrected chi connectivity index (χ1v) is 10.1. The van der Waals surface area contributed by atoms with Gasteiger partial charge in [-0.3, -0.25) is 4.79 Å². The van der Waals surface area contributed by atoms with Gasteiger partial charge < -0.3 is 14.6 Å². The van der Waals surface area contributed by atoms with E-state index in [1.165, 1.54) is 36.8 Å². The fourth-order valence-electron chi connectivity index (χ4n) is 3.44. The Bertz CT molecular complexity index is 786. The van der Waals surface area contributed by atoms with Gasteiger partial charge >= 0.3 is 11.9 Å². The molecule has 1 aliphatic carbocycles. The molecule has 0 fully saturated rings. The monoisotopic (exact) mass is 400 g/mol. The van der Waals surface area contributed by atoms with E-state index < -0.39 is 18.2 Å². The highest BCUT2D eigenvalue weighted by Gasteiger charge is 2.32. The van der Waals surface area contributed by atoms with E-state index in [0.29, 0.717) is 12.0 Å². The number of rotatable bonds is 3. The minimum absolute atomic E-state index is 0.0950. The maximum Gasteiger partial charge on any atom is 0.338 e. The number of phenols is 1. The molecule has 1 aromatic rings. The van der Waals surface area contributed by atoms with Crippen LogP contribution in [0.5, 0.6) is 5.75 Å². The van der Waals surface area contributed by atoms with Gasteiger partial charge in [-0.05, 0) is 69.0 Å². The molecule has 0 saturated carbocycles. The van der Waals surface area contributed by atoms with E-state index >= 15 is 0 Å². The number of esters is 2. The maximum absolute atomic E-state index is 12.6. The van der Waals surface area contributed by atoms with Gasteiger partial charge in [-0.15, -0.1) is 0 Å². The zero-order valence-electron chi connectivity index (χ0n) is 18.0. The van der Waals surface area contributed by atoms with Crippen LogP contribution in [0.4, 0.5) is 0 Å². The summed E-state index contributed by atoms with van der Waals surface area (Å²) in [7, 11) is 0. The van der Waals surface area contributed by atoms with Crippen LogP contribution in [0.25, 0.3) is 0 Å². The maximum atomic E-state index is 12.6. The first-order valence-electron chi connectivity index (χ1n) is 10.1. The van der Waals surface area contributed by atoms with Crippen LogP contribution in [-0.2, 0) is 14.3 Å². The second kappa shape index (κ2) is 9.77. The zero-order chi connectivity index (χ0) is 21.6. The summed E-state index contributed by atoms with van der Waals surface area (Å²) in [5.74, 6) is -0.682. The van der Waals surface area contributed by atoms with Gasteiger partial charge in [0.15, 0.2) is 0 Å². The van der Waals surface area contributed by atoms with Gasteiger partial charge in [0.2, 0.25) is 0 Å². The van der Waals surface area contributed by atoms with Crippen molar-refractivity contribution >= 4 is 11.9 Å². The summed E-state index contributed by atoms with van der Waals surface area (Å²) in [5, 5.41) is 9.42. The molecule has 0 amide bonds. The van der Waals surface area contributed by atoms with E-state index in [4.69, 9.17) is 9.47 Å². The average molecular weight is 401 g/mol. The first-order chi connectivity index (χ1) is 13.6. The number of allylic oxidation sites excluding steroid dienone is 1. The van der Waals surface area contributed by atoms with Crippen molar-refractivity contribution in [2.75, 3.05) is 0 Å². The molecule has 2 atom stereocenters. The Kier molecular flexibility index (Phi) is 7.66. The van der Waals surface area contributed by atoms with Gasteiger partial charge in [-0.2, -0.15) is 0 Å². The van der Waals surface area contributed by atoms with Crippen molar-refractivity contribution in [3.8, 4) is 5.75 Å². The molecule has 0 aliphatic heterocycles.